The first-order valence-electron chi connectivity index (χ1n) is 11.3. The zero-order valence-corrected chi connectivity index (χ0v) is 23.0. The molecule has 0 radical (unpaired) electrons. The summed E-state index contributed by atoms with van der Waals surface area (Å²) in [6.45, 7) is 2.88. The number of halogens is 3. The van der Waals surface area contributed by atoms with Crippen LogP contribution in [0.15, 0.2) is 41.5 Å². The highest BCUT2D eigenvalue weighted by molar-refractivity contribution is 7.14. The van der Waals surface area contributed by atoms with E-state index in [1.54, 1.807) is 23.6 Å². The molecule has 12 heteroatoms. The number of carboxylic acid groups (broad SMARTS) is 1. The Morgan fingerprint density at radius 2 is 1.95 bits per heavy atom. The molecule has 2 aromatic carbocycles. The molecule has 0 aliphatic carbocycles. The summed E-state index contributed by atoms with van der Waals surface area (Å²) in [5, 5.41) is 13.8. The van der Waals surface area contributed by atoms with Gasteiger partial charge in [0, 0.05) is 54.4 Å². The number of carboxylic acids is 1. The van der Waals surface area contributed by atoms with Gasteiger partial charge in [-0.25, -0.2) is 14.2 Å². The van der Waals surface area contributed by atoms with E-state index in [-0.39, 0.29) is 37.6 Å². The van der Waals surface area contributed by atoms with Gasteiger partial charge in [0.05, 0.1) is 29.0 Å². The molecule has 0 aliphatic rings. The Kier molecular flexibility index (Phi) is 10.6. The minimum absolute atomic E-state index is 0.0502. The Morgan fingerprint density at radius 1 is 1.24 bits per heavy atom. The Hall–Kier alpha value is -3.02. The molecule has 0 spiro atoms. The molecule has 8 nitrogen and oxygen atoms in total. The number of carbonyl (C=O) groups is 2. The number of hydrogen-bond donors (Lipinski definition) is 2. The molecule has 0 bridgehead atoms. The van der Waals surface area contributed by atoms with Crippen LogP contribution < -0.4 is 5.32 Å². The maximum Gasteiger partial charge on any atom is 0.371 e. The van der Waals surface area contributed by atoms with Crippen molar-refractivity contribution >= 4 is 57.6 Å². The zero-order chi connectivity index (χ0) is 27.8. The fourth-order valence-electron chi connectivity index (χ4n) is 3.55. The molecule has 1 amide bonds. The van der Waals surface area contributed by atoms with Gasteiger partial charge < -0.3 is 19.3 Å². The number of hydrogen-bond acceptors (Lipinski definition) is 7. The van der Waals surface area contributed by atoms with E-state index in [4.69, 9.17) is 42.5 Å². The van der Waals surface area contributed by atoms with Gasteiger partial charge >= 0.3 is 5.97 Å². The molecule has 2 N–H and O–H groups in total. The lowest BCUT2D eigenvalue weighted by molar-refractivity contribution is -0.135. The first-order valence-corrected chi connectivity index (χ1v) is 13.0. The molecule has 3 rings (SSSR count). The number of rotatable bonds is 12. The normalized spacial score (nSPS) is 12.3. The van der Waals surface area contributed by atoms with Crippen LogP contribution >= 0.6 is 34.5 Å². The van der Waals surface area contributed by atoms with E-state index >= 15 is 4.39 Å². The second-order valence-corrected chi connectivity index (χ2v) is 9.45. The lowest BCUT2D eigenvalue weighted by atomic mass is 10.0. The number of ether oxygens (including phenoxy) is 3. The van der Waals surface area contributed by atoms with E-state index in [9.17, 15) is 9.59 Å². The van der Waals surface area contributed by atoms with Crippen molar-refractivity contribution in [2.75, 3.05) is 32.8 Å². The second-order valence-electron chi connectivity index (χ2n) is 7.78. The Bertz CT molecular complexity index is 1320. The van der Waals surface area contributed by atoms with Crippen molar-refractivity contribution in [3.8, 4) is 11.3 Å². The van der Waals surface area contributed by atoms with Gasteiger partial charge in [-0.15, -0.1) is 11.3 Å². The van der Waals surface area contributed by atoms with Crippen LogP contribution in [0.5, 0.6) is 0 Å². The van der Waals surface area contributed by atoms with Crippen LogP contribution in [0.4, 0.5) is 9.52 Å². The van der Waals surface area contributed by atoms with E-state index in [0.717, 1.165) is 17.4 Å². The number of methoxy groups -OCH3 is 2. The summed E-state index contributed by atoms with van der Waals surface area (Å²) in [7, 11) is 2.72. The molecular weight excluding hydrogens is 558 g/mol. The number of nitrogens with one attached hydrogen (secondary N) is 1. The summed E-state index contributed by atoms with van der Waals surface area (Å²) in [5.74, 6) is -2.69. The number of anilines is 1. The van der Waals surface area contributed by atoms with Crippen LogP contribution in [0, 0.1) is 5.82 Å². The lowest BCUT2D eigenvalue weighted by Crippen LogP contribution is -2.12. The number of amides is 1. The predicted molar refractivity (Wildman–Crippen MR) is 145 cm³/mol. The summed E-state index contributed by atoms with van der Waals surface area (Å²) >= 11 is 13.6. The van der Waals surface area contributed by atoms with Gasteiger partial charge in [-0.05, 0) is 31.2 Å². The minimum Gasteiger partial charge on any atom is -0.490 e. The zero-order valence-electron chi connectivity index (χ0n) is 20.7. The van der Waals surface area contributed by atoms with Gasteiger partial charge in [-0.3, -0.25) is 10.1 Å². The Labute approximate surface area is 233 Å². The topological polar surface area (TPSA) is 107 Å². The van der Waals surface area contributed by atoms with E-state index in [1.165, 1.54) is 26.4 Å². The smallest absolute Gasteiger partial charge is 0.371 e. The molecule has 1 unspecified atom stereocenters. The van der Waals surface area contributed by atoms with Crippen LogP contribution in [0.3, 0.4) is 0 Å². The number of aromatic nitrogens is 1. The van der Waals surface area contributed by atoms with Crippen molar-refractivity contribution < 1.29 is 33.3 Å². The number of carbonyl (C=O) groups excluding carboxylic acids is 1. The maximum atomic E-state index is 15.4. The van der Waals surface area contributed by atoms with E-state index in [1.807, 2.05) is 6.92 Å². The average molecular weight is 583 g/mol. The summed E-state index contributed by atoms with van der Waals surface area (Å²) < 4.78 is 31.0. The fraction of sp³-hybridized carbons (Fsp3) is 0.269. The summed E-state index contributed by atoms with van der Waals surface area (Å²) in [6.07, 6.45) is 1.17. The largest absolute Gasteiger partial charge is 0.490 e. The van der Waals surface area contributed by atoms with Crippen molar-refractivity contribution in [3.05, 3.63) is 74.0 Å². The average Bonchev–Trinajstić information content (AvgIpc) is 3.34. The third kappa shape index (κ3) is 7.09. The Balaban J connectivity index is 1.81. The molecule has 0 saturated heterocycles. The standard InChI is InChI=1S/C26H25Cl2FN2O6S/c1-4-37-9-8-21(35-2)16-7-5-6-15(23(16)29)20-13-38-26(30-20)31-24(32)14-10-18(27)17(19(28)11-14)12-22(36-3)25(33)34/h5-7,10-13,21H,4,8-9H2,1-3H3,(H,33,34)(H,30,31,32). The third-order valence-corrected chi connectivity index (χ3v) is 6.82. The lowest BCUT2D eigenvalue weighted by Gasteiger charge is -2.17. The third-order valence-electron chi connectivity index (χ3n) is 5.44. The van der Waals surface area contributed by atoms with Crippen LogP contribution in [0.2, 0.25) is 10.0 Å². The molecule has 0 aliphatic heterocycles. The van der Waals surface area contributed by atoms with Crippen LogP contribution in [-0.4, -0.2) is 49.4 Å². The maximum absolute atomic E-state index is 15.4. The van der Waals surface area contributed by atoms with Gasteiger partial charge in [0.1, 0.15) is 5.82 Å². The highest BCUT2D eigenvalue weighted by atomic mass is 35.5. The molecule has 38 heavy (non-hydrogen) atoms. The number of thiazole rings is 1. The highest BCUT2D eigenvalue weighted by Crippen LogP contribution is 2.33. The summed E-state index contributed by atoms with van der Waals surface area (Å²) in [5.41, 5.74) is 1.32. The minimum atomic E-state index is -1.30. The molecule has 202 valence electrons. The van der Waals surface area contributed by atoms with Gasteiger partial charge in [0.25, 0.3) is 5.91 Å². The number of aliphatic carboxylic acids is 1. The van der Waals surface area contributed by atoms with Crippen molar-refractivity contribution in [2.45, 2.75) is 19.4 Å². The van der Waals surface area contributed by atoms with E-state index in [0.29, 0.717) is 30.9 Å². The van der Waals surface area contributed by atoms with Crippen molar-refractivity contribution in [2.24, 2.45) is 0 Å². The van der Waals surface area contributed by atoms with Crippen LogP contribution in [0.1, 0.15) is 40.9 Å². The SMILES string of the molecule is CCOCCC(OC)c1cccc(-c2csc(NC(=O)c3cc(Cl)c(C=C(OC)C(=O)O)c(Cl)c3)n2)c1F. The van der Waals surface area contributed by atoms with Gasteiger partial charge in [-0.1, -0.05) is 35.3 Å². The molecule has 1 atom stereocenters. The molecule has 3 aromatic rings. The first kappa shape index (κ1) is 29.5. The Morgan fingerprint density at radius 3 is 2.55 bits per heavy atom. The highest BCUT2D eigenvalue weighted by Gasteiger charge is 2.21. The van der Waals surface area contributed by atoms with Gasteiger partial charge in [0.2, 0.25) is 5.76 Å². The van der Waals surface area contributed by atoms with Crippen LogP contribution in [-0.2, 0) is 19.0 Å². The van der Waals surface area contributed by atoms with Crippen molar-refractivity contribution in [1.82, 2.24) is 4.98 Å². The summed E-state index contributed by atoms with van der Waals surface area (Å²) in [6, 6.07) is 7.67. The second kappa shape index (κ2) is 13.7. The predicted octanol–water partition coefficient (Wildman–Crippen LogP) is 6.69. The molecule has 0 saturated carbocycles. The van der Waals surface area contributed by atoms with Gasteiger partial charge in [0.15, 0.2) is 5.13 Å². The summed E-state index contributed by atoms with van der Waals surface area (Å²) in [4.78, 5) is 28.4. The molecule has 0 fully saturated rings. The molecular formula is C26H25Cl2FN2O6S. The van der Waals surface area contributed by atoms with Crippen LogP contribution in [0.25, 0.3) is 17.3 Å². The quantitative estimate of drug-likeness (QED) is 0.139. The number of nitrogens with zero attached hydrogens (tertiary/aromatic N) is 1. The van der Waals surface area contributed by atoms with Crippen molar-refractivity contribution in [1.29, 1.82) is 0 Å². The van der Waals surface area contributed by atoms with E-state index < -0.39 is 23.8 Å². The number of benzene rings is 2. The molecule has 1 heterocycles. The van der Waals surface area contributed by atoms with E-state index in [2.05, 4.69) is 10.3 Å². The monoisotopic (exact) mass is 582 g/mol. The molecule has 1 aromatic heterocycles. The van der Waals surface area contributed by atoms with Gasteiger partial charge in [-0.2, -0.15) is 0 Å². The van der Waals surface area contributed by atoms with Crippen molar-refractivity contribution in [3.63, 3.8) is 0 Å². The fourth-order valence-corrected chi connectivity index (χ4v) is 4.85. The first-order chi connectivity index (χ1) is 18.2.